The van der Waals surface area contributed by atoms with Crippen LogP contribution < -0.4 is 5.73 Å². The molecule has 4 nitrogen and oxygen atoms in total. The van der Waals surface area contributed by atoms with Gasteiger partial charge in [-0.05, 0) is 52.4 Å². The number of nitrogens with zero attached hydrogens (tertiary/aromatic N) is 3. The Labute approximate surface area is 115 Å². The fourth-order valence-electron chi connectivity index (χ4n) is 2.22. The summed E-state index contributed by atoms with van der Waals surface area (Å²) in [5.74, 6) is 0.624. The predicted octanol–water partition coefficient (Wildman–Crippen LogP) is 2.74. The van der Waals surface area contributed by atoms with Gasteiger partial charge in [-0.25, -0.2) is 4.98 Å². The molecule has 2 N–H and O–H groups in total. The van der Waals surface area contributed by atoms with Crippen LogP contribution in [-0.2, 0) is 6.54 Å². The normalized spacial score (nSPS) is 11.8. The lowest BCUT2D eigenvalue weighted by Crippen LogP contribution is -2.27. The van der Waals surface area contributed by atoms with Crippen molar-refractivity contribution in [3.8, 4) is 0 Å². The average molecular weight is 260 g/mol. The van der Waals surface area contributed by atoms with E-state index in [1.54, 1.807) is 0 Å². The molecule has 2 rings (SSSR count). The molecular formula is C15H24N4. The van der Waals surface area contributed by atoms with Gasteiger partial charge in [0.15, 0.2) is 0 Å². The van der Waals surface area contributed by atoms with Gasteiger partial charge in [-0.3, -0.25) is 0 Å². The molecule has 0 fully saturated rings. The first-order valence-electron chi connectivity index (χ1n) is 7.00. The summed E-state index contributed by atoms with van der Waals surface area (Å²) in [6.07, 6.45) is 2.31. The molecule has 0 atom stereocenters. The van der Waals surface area contributed by atoms with Gasteiger partial charge in [-0.15, -0.1) is 0 Å². The molecule has 0 saturated heterocycles. The van der Waals surface area contributed by atoms with Crippen LogP contribution >= 0.6 is 0 Å². The fraction of sp³-hybridized carbons (Fsp3) is 0.533. The zero-order chi connectivity index (χ0) is 13.8. The molecule has 4 heteroatoms. The van der Waals surface area contributed by atoms with Gasteiger partial charge >= 0.3 is 0 Å². The highest BCUT2D eigenvalue weighted by Crippen LogP contribution is 2.18. The van der Waals surface area contributed by atoms with E-state index in [0.717, 1.165) is 30.5 Å². The molecule has 1 heterocycles. The van der Waals surface area contributed by atoms with Crippen molar-refractivity contribution in [2.24, 2.45) is 0 Å². The third-order valence-corrected chi connectivity index (χ3v) is 3.71. The number of hydrogen-bond donors (Lipinski definition) is 1. The Morgan fingerprint density at radius 1 is 1.26 bits per heavy atom. The maximum Gasteiger partial charge on any atom is 0.201 e. The first-order chi connectivity index (χ1) is 9.09. The Morgan fingerprint density at radius 3 is 2.74 bits per heavy atom. The van der Waals surface area contributed by atoms with Crippen LogP contribution in [0.1, 0.15) is 26.7 Å². The van der Waals surface area contributed by atoms with Gasteiger partial charge < -0.3 is 15.2 Å². The van der Waals surface area contributed by atoms with Crippen LogP contribution in [0.3, 0.4) is 0 Å². The highest BCUT2D eigenvalue weighted by molar-refractivity contribution is 5.78. The van der Waals surface area contributed by atoms with E-state index >= 15 is 0 Å². The van der Waals surface area contributed by atoms with Crippen molar-refractivity contribution in [1.29, 1.82) is 0 Å². The number of nitrogens with two attached hydrogens (primary N) is 1. The molecule has 0 spiro atoms. The Morgan fingerprint density at radius 2 is 2.00 bits per heavy atom. The number of unbranched alkanes of at least 4 members (excludes halogenated alkanes) is 1. The smallest absolute Gasteiger partial charge is 0.201 e. The van der Waals surface area contributed by atoms with Crippen LogP contribution in [0, 0.1) is 0 Å². The maximum atomic E-state index is 5.99. The molecule has 0 aliphatic carbocycles. The zero-order valence-corrected chi connectivity index (χ0v) is 12.1. The summed E-state index contributed by atoms with van der Waals surface area (Å²) >= 11 is 0. The van der Waals surface area contributed by atoms with E-state index in [0.29, 0.717) is 12.0 Å². The van der Waals surface area contributed by atoms with Crippen molar-refractivity contribution in [2.75, 3.05) is 19.3 Å². The van der Waals surface area contributed by atoms with E-state index in [1.165, 1.54) is 6.42 Å². The van der Waals surface area contributed by atoms with E-state index in [9.17, 15) is 0 Å². The molecule has 0 aliphatic rings. The lowest BCUT2D eigenvalue weighted by atomic mass is 10.2. The Balaban J connectivity index is 1.93. The quantitative estimate of drug-likeness (QED) is 0.812. The first kappa shape index (κ1) is 13.9. The monoisotopic (exact) mass is 260 g/mol. The number of fused-ring (bicyclic) bond motifs is 1. The van der Waals surface area contributed by atoms with E-state index < -0.39 is 0 Å². The van der Waals surface area contributed by atoms with Gasteiger partial charge in [-0.1, -0.05) is 12.1 Å². The minimum atomic E-state index is 0.610. The van der Waals surface area contributed by atoms with Crippen molar-refractivity contribution in [3.05, 3.63) is 24.3 Å². The van der Waals surface area contributed by atoms with Gasteiger partial charge in [0.05, 0.1) is 11.0 Å². The molecule has 1 aromatic carbocycles. The van der Waals surface area contributed by atoms with Crippen LogP contribution in [0.25, 0.3) is 11.0 Å². The lowest BCUT2D eigenvalue weighted by molar-refractivity contribution is 0.266. The fourth-order valence-corrected chi connectivity index (χ4v) is 2.22. The Kier molecular flexibility index (Phi) is 4.43. The molecule has 0 aliphatic heterocycles. The number of rotatable bonds is 6. The maximum absolute atomic E-state index is 5.99. The van der Waals surface area contributed by atoms with Crippen molar-refractivity contribution >= 4 is 17.0 Å². The van der Waals surface area contributed by atoms with Crippen LogP contribution in [0.15, 0.2) is 24.3 Å². The van der Waals surface area contributed by atoms with Gasteiger partial charge in [0.25, 0.3) is 0 Å². The number of para-hydroxylation sites is 2. The summed E-state index contributed by atoms with van der Waals surface area (Å²) in [6.45, 7) is 6.52. The second-order valence-electron chi connectivity index (χ2n) is 5.39. The van der Waals surface area contributed by atoms with E-state index in [-0.39, 0.29) is 0 Å². The van der Waals surface area contributed by atoms with Crippen LogP contribution in [0.2, 0.25) is 0 Å². The second-order valence-corrected chi connectivity index (χ2v) is 5.39. The number of hydrogen-bond acceptors (Lipinski definition) is 3. The highest BCUT2D eigenvalue weighted by atomic mass is 15.2. The number of imidazole rings is 1. The molecule has 2 aromatic rings. The predicted molar refractivity (Wildman–Crippen MR) is 81.1 cm³/mol. The largest absolute Gasteiger partial charge is 0.369 e. The lowest BCUT2D eigenvalue weighted by Gasteiger charge is -2.20. The summed E-state index contributed by atoms with van der Waals surface area (Å²) in [5, 5.41) is 0. The summed E-state index contributed by atoms with van der Waals surface area (Å²) < 4.78 is 2.12. The number of aromatic nitrogens is 2. The molecule has 0 saturated carbocycles. The van der Waals surface area contributed by atoms with Crippen LogP contribution in [-0.4, -0.2) is 34.1 Å². The molecule has 1 aromatic heterocycles. The molecule has 0 amide bonds. The van der Waals surface area contributed by atoms with Crippen molar-refractivity contribution in [2.45, 2.75) is 39.3 Å². The zero-order valence-electron chi connectivity index (χ0n) is 12.1. The van der Waals surface area contributed by atoms with Crippen molar-refractivity contribution in [1.82, 2.24) is 14.5 Å². The van der Waals surface area contributed by atoms with Gasteiger partial charge in [0.1, 0.15) is 0 Å². The molecule has 0 unspecified atom stereocenters. The summed E-state index contributed by atoms with van der Waals surface area (Å²) in [4.78, 5) is 6.76. The molecule has 0 radical (unpaired) electrons. The third kappa shape index (κ3) is 3.26. The summed E-state index contributed by atoms with van der Waals surface area (Å²) in [5.41, 5.74) is 8.11. The number of anilines is 1. The minimum Gasteiger partial charge on any atom is -0.369 e. The van der Waals surface area contributed by atoms with Crippen LogP contribution in [0.5, 0.6) is 0 Å². The number of benzene rings is 1. The molecule has 19 heavy (non-hydrogen) atoms. The Bertz CT molecular complexity index is 530. The minimum absolute atomic E-state index is 0.610. The van der Waals surface area contributed by atoms with E-state index in [2.05, 4.69) is 41.4 Å². The summed E-state index contributed by atoms with van der Waals surface area (Å²) in [7, 11) is 2.17. The molecule has 0 bridgehead atoms. The first-order valence-corrected chi connectivity index (χ1v) is 7.00. The SMILES string of the molecule is CC(C)N(C)CCCCn1c(N)nc2ccccc21. The topological polar surface area (TPSA) is 47.1 Å². The third-order valence-electron chi connectivity index (χ3n) is 3.71. The van der Waals surface area contributed by atoms with Gasteiger partial charge in [0.2, 0.25) is 5.95 Å². The van der Waals surface area contributed by atoms with E-state index in [4.69, 9.17) is 5.73 Å². The number of aryl methyl sites for hydroxylation is 1. The van der Waals surface area contributed by atoms with E-state index in [1.807, 2.05) is 18.2 Å². The highest BCUT2D eigenvalue weighted by Gasteiger charge is 2.07. The average Bonchev–Trinajstić information content (AvgIpc) is 2.70. The van der Waals surface area contributed by atoms with Gasteiger partial charge in [0, 0.05) is 12.6 Å². The summed E-state index contributed by atoms with van der Waals surface area (Å²) in [6, 6.07) is 8.73. The molecule has 104 valence electrons. The van der Waals surface area contributed by atoms with Crippen LogP contribution in [0.4, 0.5) is 5.95 Å². The Hall–Kier alpha value is -1.55. The second kappa shape index (κ2) is 6.06. The van der Waals surface area contributed by atoms with Crippen molar-refractivity contribution in [3.63, 3.8) is 0 Å². The standard InChI is InChI=1S/C15H24N4/c1-12(2)18(3)10-6-7-11-19-14-9-5-4-8-13(14)17-15(19)16/h4-5,8-9,12H,6-7,10-11H2,1-3H3,(H2,16,17). The molecular weight excluding hydrogens is 236 g/mol. The van der Waals surface area contributed by atoms with Gasteiger partial charge in [-0.2, -0.15) is 0 Å². The number of nitrogen functional groups attached to an aromatic ring is 1. The van der Waals surface area contributed by atoms with Crippen molar-refractivity contribution < 1.29 is 0 Å².